The van der Waals surface area contributed by atoms with Crippen molar-refractivity contribution in [3.63, 3.8) is 0 Å². The number of hydrogen-bond donors (Lipinski definition) is 2. The molecule has 0 aliphatic rings. The summed E-state index contributed by atoms with van der Waals surface area (Å²) in [5.74, 6) is 0.0857. The molecule has 3 aromatic rings. The van der Waals surface area contributed by atoms with Crippen LogP contribution in [0.2, 0.25) is 0 Å². The molecule has 0 bridgehead atoms. The van der Waals surface area contributed by atoms with Crippen molar-refractivity contribution < 1.29 is 13.9 Å². The number of nitriles is 1. The molecule has 2 N–H and O–H groups in total. The zero-order valence-electron chi connectivity index (χ0n) is 16.0. The minimum atomic E-state index is -2.67. The Labute approximate surface area is 166 Å². The summed E-state index contributed by atoms with van der Waals surface area (Å²) in [5.41, 5.74) is 1.73. The maximum atomic E-state index is 12.8. The predicted molar refractivity (Wildman–Crippen MR) is 104 cm³/mol. The van der Waals surface area contributed by atoms with Crippen LogP contribution in [0.25, 0.3) is 11.1 Å². The van der Waals surface area contributed by atoms with Gasteiger partial charge in [-0.25, -0.2) is 18.7 Å². The molecule has 0 aliphatic carbocycles. The Hall–Kier alpha value is -3.38. The number of alkyl halides is 2. The fourth-order valence-corrected chi connectivity index (χ4v) is 2.88. The number of nitrogens with one attached hydrogen (secondary N) is 1. The Morgan fingerprint density at radius 3 is 2.83 bits per heavy atom. The summed E-state index contributed by atoms with van der Waals surface area (Å²) < 4.78 is 27.3. The first-order valence-electron chi connectivity index (χ1n) is 8.88. The molecule has 0 aliphatic heterocycles. The van der Waals surface area contributed by atoms with Crippen LogP contribution in [0.1, 0.15) is 31.0 Å². The van der Waals surface area contributed by atoms with Crippen molar-refractivity contribution in [2.24, 2.45) is 0 Å². The van der Waals surface area contributed by atoms with E-state index in [4.69, 9.17) is 5.26 Å². The number of aliphatic hydroxyl groups is 1. The van der Waals surface area contributed by atoms with Crippen molar-refractivity contribution in [2.75, 3.05) is 5.32 Å². The van der Waals surface area contributed by atoms with E-state index in [1.165, 1.54) is 12.3 Å². The third-order valence-electron chi connectivity index (χ3n) is 4.16. The second-order valence-corrected chi connectivity index (χ2v) is 7.08. The molecule has 0 unspecified atom stereocenters. The Kier molecular flexibility index (Phi) is 5.84. The van der Waals surface area contributed by atoms with Gasteiger partial charge in [0.15, 0.2) is 0 Å². The van der Waals surface area contributed by atoms with E-state index in [-0.39, 0.29) is 24.6 Å². The van der Waals surface area contributed by atoms with Crippen LogP contribution >= 0.6 is 0 Å². The number of anilines is 2. The molecule has 0 radical (unpaired) electrons. The second kappa shape index (κ2) is 8.32. The molecular formula is C20H20F2N6O. The molecule has 1 aromatic carbocycles. The average molecular weight is 398 g/mol. The first-order chi connectivity index (χ1) is 13.8. The van der Waals surface area contributed by atoms with Crippen LogP contribution in [0.4, 0.5) is 20.4 Å². The predicted octanol–water partition coefficient (Wildman–Crippen LogP) is 3.99. The highest BCUT2D eigenvalue weighted by Crippen LogP contribution is 2.27. The summed E-state index contributed by atoms with van der Waals surface area (Å²) in [4.78, 5) is 7.80. The van der Waals surface area contributed by atoms with Gasteiger partial charge in [0.1, 0.15) is 5.69 Å². The van der Waals surface area contributed by atoms with E-state index in [0.29, 0.717) is 5.69 Å². The first kappa shape index (κ1) is 20.4. The van der Waals surface area contributed by atoms with Gasteiger partial charge in [0.2, 0.25) is 5.95 Å². The maximum Gasteiger partial charge on any atom is 0.280 e. The zero-order valence-corrected chi connectivity index (χ0v) is 16.0. The van der Waals surface area contributed by atoms with Crippen LogP contribution in [-0.4, -0.2) is 30.5 Å². The quantitative estimate of drug-likeness (QED) is 0.624. The van der Waals surface area contributed by atoms with E-state index in [9.17, 15) is 13.9 Å². The van der Waals surface area contributed by atoms with Crippen molar-refractivity contribution in [3.05, 3.63) is 54.1 Å². The SMILES string of the molecule is Cc1cc(Nc2nccc(C(F)F)n2)cc(-c2cnn(C[C@](C)(O)CC#N)c2)c1. The topological polar surface area (TPSA) is 99.7 Å². The Morgan fingerprint density at radius 1 is 1.31 bits per heavy atom. The van der Waals surface area contributed by atoms with Gasteiger partial charge in [-0.05, 0) is 43.2 Å². The number of nitrogens with zero attached hydrogens (tertiary/aromatic N) is 5. The lowest BCUT2D eigenvalue weighted by Gasteiger charge is -2.19. The van der Waals surface area contributed by atoms with Gasteiger partial charge >= 0.3 is 0 Å². The van der Waals surface area contributed by atoms with Gasteiger partial charge in [0.05, 0.1) is 30.8 Å². The van der Waals surface area contributed by atoms with Crippen molar-refractivity contribution in [1.82, 2.24) is 19.7 Å². The van der Waals surface area contributed by atoms with E-state index in [1.54, 1.807) is 24.0 Å². The highest BCUT2D eigenvalue weighted by molar-refractivity contribution is 5.70. The molecule has 0 spiro atoms. The van der Waals surface area contributed by atoms with Gasteiger partial charge in [0, 0.05) is 23.6 Å². The van der Waals surface area contributed by atoms with Crippen molar-refractivity contribution in [1.29, 1.82) is 5.26 Å². The molecule has 150 valence electrons. The molecular weight excluding hydrogens is 378 g/mol. The molecule has 2 heterocycles. The summed E-state index contributed by atoms with van der Waals surface area (Å²) in [5, 5.41) is 26.2. The van der Waals surface area contributed by atoms with E-state index in [0.717, 1.165) is 16.7 Å². The lowest BCUT2D eigenvalue weighted by molar-refractivity contribution is 0.0430. The maximum absolute atomic E-state index is 12.8. The van der Waals surface area contributed by atoms with E-state index >= 15 is 0 Å². The van der Waals surface area contributed by atoms with Crippen molar-refractivity contribution in [2.45, 2.75) is 38.8 Å². The third-order valence-corrected chi connectivity index (χ3v) is 4.16. The molecule has 3 rings (SSSR count). The minimum Gasteiger partial charge on any atom is -0.387 e. The standard InChI is InChI=1S/C20H20F2N6O/c1-13-7-14(15-10-25-28(11-15)12-20(2,29)4-5-23)9-16(8-13)26-19-24-6-3-17(27-19)18(21)22/h3,6-11,18,29H,4,12H2,1-2H3,(H,24,26,27)/t20-/m1/s1. The molecule has 9 heteroatoms. The monoisotopic (exact) mass is 398 g/mol. The van der Waals surface area contributed by atoms with Gasteiger partial charge in [-0.15, -0.1) is 0 Å². The van der Waals surface area contributed by atoms with Crippen LogP contribution < -0.4 is 5.32 Å². The highest BCUT2D eigenvalue weighted by atomic mass is 19.3. The second-order valence-electron chi connectivity index (χ2n) is 7.08. The third kappa shape index (κ3) is 5.33. The van der Waals surface area contributed by atoms with Gasteiger partial charge < -0.3 is 10.4 Å². The highest BCUT2D eigenvalue weighted by Gasteiger charge is 2.21. The summed E-state index contributed by atoms with van der Waals surface area (Å²) in [6.07, 6.45) is 2.05. The van der Waals surface area contributed by atoms with Gasteiger partial charge in [-0.1, -0.05) is 6.07 Å². The molecule has 1 atom stereocenters. The smallest absolute Gasteiger partial charge is 0.280 e. The Balaban J connectivity index is 1.83. The van der Waals surface area contributed by atoms with E-state index in [2.05, 4.69) is 20.4 Å². The molecule has 29 heavy (non-hydrogen) atoms. The van der Waals surface area contributed by atoms with Crippen LogP contribution in [0, 0.1) is 18.3 Å². The molecule has 0 fully saturated rings. The van der Waals surface area contributed by atoms with E-state index < -0.39 is 12.0 Å². The van der Waals surface area contributed by atoms with E-state index in [1.807, 2.05) is 31.2 Å². The lowest BCUT2D eigenvalue weighted by atomic mass is 10.0. The number of aromatic nitrogens is 4. The fraction of sp³-hybridized carbons (Fsp3) is 0.300. The van der Waals surface area contributed by atoms with Crippen LogP contribution in [0.3, 0.4) is 0 Å². The number of rotatable bonds is 7. The number of hydrogen-bond acceptors (Lipinski definition) is 6. The van der Waals surface area contributed by atoms with Gasteiger partial charge in [0.25, 0.3) is 6.43 Å². The summed E-state index contributed by atoms with van der Waals surface area (Å²) in [7, 11) is 0. The zero-order chi connectivity index (χ0) is 21.0. The van der Waals surface area contributed by atoms with Gasteiger partial charge in [-0.2, -0.15) is 10.4 Å². The molecule has 0 saturated heterocycles. The van der Waals surface area contributed by atoms with Crippen LogP contribution in [0.5, 0.6) is 0 Å². The number of aryl methyl sites for hydroxylation is 1. The molecule has 2 aromatic heterocycles. The first-order valence-corrected chi connectivity index (χ1v) is 8.88. The van der Waals surface area contributed by atoms with Crippen LogP contribution in [-0.2, 0) is 6.54 Å². The fourth-order valence-electron chi connectivity index (χ4n) is 2.88. The number of benzene rings is 1. The largest absolute Gasteiger partial charge is 0.387 e. The summed E-state index contributed by atoms with van der Waals surface area (Å²) >= 11 is 0. The van der Waals surface area contributed by atoms with Crippen molar-refractivity contribution >= 4 is 11.6 Å². The van der Waals surface area contributed by atoms with Gasteiger partial charge in [-0.3, -0.25) is 4.68 Å². The average Bonchev–Trinajstić information content (AvgIpc) is 3.09. The Morgan fingerprint density at radius 2 is 2.10 bits per heavy atom. The molecule has 0 saturated carbocycles. The molecule has 0 amide bonds. The van der Waals surface area contributed by atoms with Crippen LogP contribution in [0.15, 0.2) is 42.9 Å². The number of halogens is 2. The summed E-state index contributed by atoms with van der Waals surface area (Å²) in [6, 6.07) is 8.77. The minimum absolute atomic E-state index is 0.00160. The lowest BCUT2D eigenvalue weighted by Crippen LogP contribution is -2.30. The normalized spacial score (nSPS) is 13.1. The molecule has 7 nitrogen and oxygen atoms in total. The summed E-state index contributed by atoms with van der Waals surface area (Å²) in [6.45, 7) is 3.68. The van der Waals surface area contributed by atoms with Crippen molar-refractivity contribution in [3.8, 4) is 17.2 Å². The Bertz CT molecular complexity index is 1040.